The van der Waals surface area contributed by atoms with Crippen LogP contribution in [0.5, 0.6) is 0 Å². The van der Waals surface area contributed by atoms with Crippen molar-refractivity contribution in [3.8, 4) is 0 Å². The molecule has 25 heavy (non-hydrogen) atoms. The molecule has 0 aliphatic carbocycles. The molecule has 0 unspecified atom stereocenters. The molecule has 7 nitrogen and oxygen atoms in total. The fraction of sp³-hybridized carbons (Fsp3) is 0.375. The van der Waals surface area contributed by atoms with Crippen molar-refractivity contribution >= 4 is 21.6 Å². The van der Waals surface area contributed by atoms with E-state index in [1.807, 2.05) is 0 Å². The predicted octanol–water partition coefficient (Wildman–Crippen LogP) is 1.92. The molecule has 0 fully saturated rings. The van der Waals surface area contributed by atoms with Crippen LogP contribution in [0.3, 0.4) is 0 Å². The third-order valence-electron chi connectivity index (χ3n) is 3.73. The fourth-order valence-electron chi connectivity index (χ4n) is 2.42. The smallest absolute Gasteiger partial charge is 0.246 e. The van der Waals surface area contributed by atoms with Crippen molar-refractivity contribution in [3.05, 3.63) is 41.5 Å². The summed E-state index contributed by atoms with van der Waals surface area (Å²) in [6, 6.07) is 5.46. The van der Waals surface area contributed by atoms with E-state index in [2.05, 4.69) is 10.4 Å². The van der Waals surface area contributed by atoms with Gasteiger partial charge in [0.2, 0.25) is 15.9 Å². The van der Waals surface area contributed by atoms with E-state index in [1.54, 1.807) is 13.8 Å². The summed E-state index contributed by atoms with van der Waals surface area (Å²) in [5, 5.41) is 6.89. The number of hydrogen-bond acceptors (Lipinski definition) is 4. The zero-order chi connectivity index (χ0) is 18.8. The maximum Gasteiger partial charge on any atom is 0.246 e. The molecule has 0 spiro atoms. The van der Waals surface area contributed by atoms with Gasteiger partial charge in [0.1, 0.15) is 10.7 Å². The predicted molar refractivity (Wildman–Crippen MR) is 92.2 cm³/mol. The van der Waals surface area contributed by atoms with E-state index in [0.717, 1.165) is 4.31 Å². The number of nitrogens with zero attached hydrogens (tertiary/aromatic N) is 3. The summed E-state index contributed by atoms with van der Waals surface area (Å²) >= 11 is 0. The Hall–Kier alpha value is -2.26. The van der Waals surface area contributed by atoms with E-state index in [4.69, 9.17) is 0 Å². The molecular formula is C16H21FN4O3S. The average molecular weight is 368 g/mol. The molecule has 1 aromatic heterocycles. The number of nitrogens with one attached hydrogen (secondary N) is 1. The molecule has 0 atom stereocenters. The topological polar surface area (TPSA) is 84.3 Å². The lowest BCUT2D eigenvalue weighted by Crippen LogP contribution is -2.23. The average Bonchev–Trinajstić information content (AvgIpc) is 2.82. The molecule has 1 heterocycles. The Kier molecular flexibility index (Phi) is 5.58. The molecule has 0 aliphatic heterocycles. The summed E-state index contributed by atoms with van der Waals surface area (Å²) in [6.45, 7) is 3.52. The number of aromatic nitrogens is 2. The first-order chi connectivity index (χ1) is 11.6. The standard InChI is InChI=1S/C16H21FN4O3S/c1-11-16(25(23,24)20(3)4)12(2)21(19-11)10-9-15(22)18-14-7-5-13(17)6-8-14/h5-8H,9-10H2,1-4H3,(H,18,22). The Labute approximate surface area is 146 Å². The largest absolute Gasteiger partial charge is 0.326 e. The molecule has 136 valence electrons. The van der Waals surface area contributed by atoms with E-state index in [9.17, 15) is 17.6 Å². The van der Waals surface area contributed by atoms with Crippen LogP contribution < -0.4 is 5.32 Å². The van der Waals surface area contributed by atoms with E-state index in [0.29, 0.717) is 17.1 Å². The molecular weight excluding hydrogens is 347 g/mol. The van der Waals surface area contributed by atoms with Gasteiger partial charge in [-0.15, -0.1) is 0 Å². The second-order valence-corrected chi connectivity index (χ2v) is 7.90. The first-order valence-corrected chi connectivity index (χ1v) is 9.09. The minimum Gasteiger partial charge on any atom is -0.326 e. The van der Waals surface area contributed by atoms with Crippen molar-refractivity contribution < 1.29 is 17.6 Å². The number of aryl methyl sites for hydroxylation is 2. The molecule has 0 aliphatic rings. The number of halogens is 1. The van der Waals surface area contributed by atoms with Gasteiger partial charge >= 0.3 is 0 Å². The lowest BCUT2D eigenvalue weighted by Gasteiger charge is -2.11. The molecule has 0 bridgehead atoms. The number of amides is 1. The van der Waals surface area contributed by atoms with Crippen LogP contribution in [0.2, 0.25) is 0 Å². The number of carbonyl (C=O) groups excluding carboxylic acids is 1. The van der Waals surface area contributed by atoms with E-state index in [1.165, 1.54) is 43.0 Å². The molecule has 9 heteroatoms. The summed E-state index contributed by atoms with van der Waals surface area (Å²) in [4.78, 5) is 12.2. The van der Waals surface area contributed by atoms with Gasteiger partial charge < -0.3 is 5.32 Å². The van der Waals surface area contributed by atoms with Gasteiger partial charge in [0.05, 0.1) is 17.9 Å². The number of anilines is 1. The maximum absolute atomic E-state index is 12.9. The van der Waals surface area contributed by atoms with E-state index >= 15 is 0 Å². The summed E-state index contributed by atoms with van der Waals surface area (Å²) in [6.07, 6.45) is 0.112. The molecule has 2 rings (SSSR count). The summed E-state index contributed by atoms with van der Waals surface area (Å²) in [5.41, 5.74) is 1.38. The van der Waals surface area contributed by atoms with Crippen molar-refractivity contribution in [1.29, 1.82) is 0 Å². The molecule has 0 saturated carbocycles. The second-order valence-electron chi connectivity index (χ2n) is 5.82. The molecule has 1 aromatic carbocycles. The minimum atomic E-state index is -3.59. The number of sulfonamides is 1. The van der Waals surface area contributed by atoms with Crippen molar-refractivity contribution in [2.24, 2.45) is 0 Å². The highest BCUT2D eigenvalue weighted by molar-refractivity contribution is 7.89. The van der Waals surface area contributed by atoms with Gasteiger partial charge in [0.15, 0.2) is 0 Å². The Morgan fingerprint density at radius 3 is 2.40 bits per heavy atom. The maximum atomic E-state index is 12.9. The highest BCUT2D eigenvalue weighted by Crippen LogP contribution is 2.22. The van der Waals surface area contributed by atoms with Gasteiger partial charge in [0, 0.05) is 26.2 Å². The van der Waals surface area contributed by atoms with E-state index in [-0.39, 0.29) is 29.6 Å². The van der Waals surface area contributed by atoms with Crippen LogP contribution in [0.15, 0.2) is 29.2 Å². The third-order valence-corrected chi connectivity index (χ3v) is 5.80. The monoisotopic (exact) mass is 368 g/mol. The second kappa shape index (κ2) is 7.32. The molecule has 0 radical (unpaired) electrons. The Bertz CT molecular complexity index is 874. The first-order valence-electron chi connectivity index (χ1n) is 7.65. The quantitative estimate of drug-likeness (QED) is 0.844. The van der Waals surface area contributed by atoms with Crippen LogP contribution in [0.25, 0.3) is 0 Å². The molecule has 1 amide bonds. The normalized spacial score (nSPS) is 11.8. The fourth-order valence-corrected chi connectivity index (χ4v) is 3.68. The summed E-state index contributed by atoms with van der Waals surface area (Å²) in [5.74, 6) is -0.647. The van der Waals surface area contributed by atoms with Gasteiger partial charge in [0.25, 0.3) is 0 Å². The minimum absolute atomic E-state index is 0.112. The third kappa shape index (κ3) is 4.23. The Morgan fingerprint density at radius 1 is 1.24 bits per heavy atom. The molecule has 1 N–H and O–H groups in total. The highest BCUT2D eigenvalue weighted by Gasteiger charge is 2.26. The van der Waals surface area contributed by atoms with Crippen molar-refractivity contribution in [3.63, 3.8) is 0 Å². The Balaban J connectivity index is 2.09. The zero-order valence-electron chi connectivity index (χ0n) is 14.6. The number of hydrogen-bond donors (Lipinski definition) is 1. The first kappa shape index (κ1) is 19.1. The van der Waals surface area contributed by atoms with Crippen LogP contribution >= 0.6 is 0 Å². The van der Waals surface area contributed by atoms with Crippen LogP contribution in [-0.4, -0.2) is 42.5 Å². The van der Waals surface area contributed by atoms with Gasteiger partial charge in [-0.05, 0) is 38.1 Å². The van der Waals surface area contributed by atoms with Gasteiger partial charge in [-0.2, -0.15) is 5.10 Å². The lowest BCUT2D eigenvalue weighted by molar-refractivity contribution is -0.116. The summed E-state index contributed by atoms with van der Waals surface area (Å²) in [7, 11) is -0.675. The van der Waals surface area contributed by atoms with Crippen LogP contribution in [0.4, 0.5) is 10.1 Å². The van der Waals surface area contributed by atoms with Crippen molar-refractivity contribution in [2.75, 3.05) is 19.4 Å². The van der Waals surface area contributed by atoms with E-state index < -0.39 is 10.0 Å². The van der Waals surface area contributed by atoms with Crippen LogP contribution in [-0.2, 0) is 21.4 Å². The molecule has 0 saturated heterocycles. The van der Waals surface area contributed by atoms with Crippen molar-refractivity contribution in [2.45, 2.75) is 31.7 Å². The van der Waals surface area contributed by atoms with Crippen molar-refractivity contribution in [1.82, 2.24) is 14.1 Å². The highest BCUT2D eigenvalue weighted by atomic mass is 32.2. The number of rotatable bonds is 6. The number of benzene rings is 1. The Morgan fingerprint density at radius 2 is 1.84 bits per heavy atom. The number of carbonyl (C=O) groups is 1. The van der Waals surface area contributed by atoms with Gasteiger partial charge in [-0.1, -0.05) is 0 Å². The van der Waals surface area contributed by atoms with Crippen LogP contribution in [0.1, 0.15) is 17.8 Å². The van der Waals surface area contributed by atoms with Crippen LogP contribution in [0, 0.1) is 19.7 Å². The lowest BCUT2D eigenvalue weighted by atomic mass is 10.3. The zero-order valence-corrected chi connectivity index (χ0v) is 15.4. The summed E-state index contributed by atoms with van der Waals surface area (Å²) < 4.78 is 40.2. The molecule has 2 aromatic rings. The van der Waals surface area contributed by atoms with Gasteiger partial charge in [-0.25, -0.2) is 17.1 Å². The van der Waals surface area contributed by atoms with Gasteiger partial charge in [-0.3, -0.25) is 9.48 Å². The SMILES string of the molecule is Cc1nn(CCC(=O)Nc2ccc(F)cc2)c(C)c1S(=O)(=O)N(C)C.